The van der Waals surface area contributed by atoms with Crippen LogP contribution in [0.5, 0.6) is 0 Å². The Kier molecular flexibility index (Phi) is 3.25. The van der Waals surface area contributed by atoms with E-state index >= 15 is 0 Å². The molecule has 1 unspecified atom stereocenters. The topological polar surface area (TPSA) is 60.2 Å². The predicted octanol–water partition coefficient (Wildman–Crippen LogP) is 1.46. The van der Waals surface area contributed by atoms with Crippen LogP contribution in [0.25, 0.3) is 0 Å². The summed E-state index contributed by atoms with van der Waals surface area (Å²) in [7, 11) is 3.63. The second-order valence-corrected chi connectivity index (χ2v) is 4.46. The van der Waals surface area contributed by atoms with Gasteiger partial charge >= 0.3 is 0 Å². The van der Waals surface area contributed by atoms with E-state index in [-0.39, 0.29) is 11.6 Å². The molecule has 0 amide bonds. The molecule has 16 heavy (non-hydrogen) atoms. The molecule has 1 fully saturated rings. The van der Waals surface area contributed by atoms with Crippen LogP contribution in [0.15, 0.2) is 4.42 Å². The fraction of sp³-hybridized carbons (Fsp3) is 0.818. The van der Waals surface area contributed by atoms with Crippen molar-refractivity contribution in [3.05, 3.63) is 11.8 Å². The van der Waals surface area contributed by atoms with E-state index in [1.54, 1.807) is 7.11 Å². The molecule has 5 nitrogen and oxygen atoms in total. The molecule has 0 saturated heterocycles. The first-order chi connectivity index (χ1) is 7.69. The first-order valence-electron chi connectivity index (χ1n) is 5.74. The molecule has 90 valence electrons. The molecule has 1 aromatic heterocycles. The van der Waals surface area contributed by atoms with Gasteiger partial charge in [0.1, 0.15) is 0 Å². The van der Waals surface area contributed by atoms with Crippen molar-refractivity contribution in [2.45, 2.75) is 44.2 Å². The Bertz CT molecular complexity index is 341. The van der Waals surface area contributed by atoms with Gasteiger partial charge < -0.3 is 14.5 Å². The highest BCUT2D eigenvalue weighted by atomic mass is 16.5. The normalized spacial score (nSPS) is 20.4. The van der Waals surface area contributed by atoms with Crippen molar-refractivity contribution in [1.29, 1.82) is 0 Å². The maximum atomic E-state index is 5.60. The van der Waals surface area contributed by atoms with Crippen LogP contribution in [0.1, 0.15) is 44.0 Å². The molecular formula is C11H19N3O2. The van der Waals surface area contributed by atoms with Crippen LogP contribution in [-0.4, -0.2) is 30.0 Å². The summed E-state index contributed by atoms with van der Waals surface area (Å²) in [5, 5.41) is 11.2. The average Bonchev–Trinajstić information content (AvgIpc) is 2.70. The molecule has 0 aliphatic heterocycles. The zero-order chi connectivity index (χ0) is 11.6. The molecule has 1 atom stereocenters. The van der Waals surface area contributed by atoms with E-state index in [0.717, 1.165) is 19.3 Å². The minimum absolute atomic E-state index is 0.0489. The summed E-state index contributed by atoms with van der Waals surface area (Å²) in [5.41, 5.74) is -0.0489. The molecule has 2 rings (SSSR count). The minimum Gasteiger partial charge on any atom is -0.423 e. The largest absolute Gasteiger partial charge is 0.423 e. The van der Waals surface area contributed by atoms with Gasteiger partial charge in [0.2, 0.25) is 11.8 Å². The summed E-state index contributed by atoms with van der Waals surface area (Å²) in [6.07, 6.45) is 4.13. The molecule has 5 heteroatoms. The third-order valence-corrected chi connectivity index (χ3v) is 3.46. The lowest BCUT2D eigenvalue weighted by atomic mass is 9.77. The monoisotopic (exact) mass is 225 g/mol. The predicted molar refractivity (Wildman–Crippen MR) is 59.1 cm³/mol. The zero-order valence-corrected chi connectivity index (χ0v) is 10.1. The summed E-state index contributed by atoms with van der Waals surface area (Å²) in [4.78, 5) is 0. The Morgan fingerprint density at radius 2 is 2.25 bits per heavy atom. The minimum atomic E-state index is -0.0489. The highest BCUT2D eigenvalue weighted by Gasteiger charge is 2.38. The SMILES string of the molecule is CNC(C)c1nnc(CC2(OC)CCC2)o1. The molecule has 1 N–H and O–H groups in total. The lowest BCUT2D eigenvalue weighted by Gasteiger charge is -2.39. The molecular weight excluding hydrogens is 206 g/mol. The molecule has 1 aliphatic carbocycles. The number of rotatable bonds is 5. The van der Waals surface area contributed by atoms with Crippen molar-refractivity contribution in [2.75, 3.05) is 14.2 Å². The Morgan fingerprint density at radius 3 is 2.75 bits per heavy atom. The first kappa shape index (κ1) is 11.5. The standard InChI is InChI=1S/C11H19N3O2/c1-8(12-2)10-14-13-9(16-10)7-11(15-3)5-4-6-11/h8,12H,4-7H2,1-3H3. The fourth-order valence-electron chi connectivity index (χ4n) is 1.94. The molecule has 0 spiro atoms. The van der Waals surface area contributed by atoms with E-state index in [1.165, 1.54) is 6.42 Å². The van der Waals surface area contributed by atoms with Crippen molar-refractivity contribution < 1.29 is 9.15 Å². The lowest BCUT2D eigenvalue weighted by Crippen LogP contribution is -2.41. The van der Waals surface area contributed by atoms with Gasteiger partial charge in [-0.15, -0.1) is 10.2 Å². The molecule has 0 bridgehead atoms. The third-order valence-electron chi connectivity index (χ3n) is 3.46. The summed E-state index contributed by atoms with van der Waals surface area (Å²) in [6, 6.07) is 0.0983. The van der Waals surface area contributed by atoms with Crippen LogP contribution in [0.4, 0.5) is 0 Å². The summed E-state index contributed by atoms with van der Waals surface area (Å²) >= 11 is 0. The molecule has 1 heterocycles. The average molecular weight is 225 g/mol. The number of nitrogens with zero attached hydrogens (tertiary/aromatic N) is 2. The zero-order valence-electron chi connectivity index (χ0n) is 10.1. The number of hydrogen-bond acceptors (Lipinski definition) is 5. The van der Waals surface area contributed by atoms with Crippen molar-refractivity contribution in [3.8, 4) is 0 Å². The van der Waals surface area contributed by atoms with Crippen LogP contribution in [-0.2, 0) is 11.2 Å². The number of nitrogens with one attached hydrogen (secondary N) is 1. The lowest BCUT2D eigenvalue weighted by molar-refractivity contribution is -0.0747. The van der Waals surface area contributed by atoms with Crippen molar-refractivity contribution >= 4 is 0 Å². The number of ether oxygens (including phenoxy) is 1. The van der Waals surface area contributed by atoms with Gasteiger partial charge in [-0.05, 0) is 33.2 Å². The van der Waals surface area contributed by atoms with Crippen LogP contribution in [0, 0.1) is 0 Å². The van der Waals surface area contributed by atoms with Crippen LogP contribution >= 0.6 is 0 Å². The second-order valence-electron chi connectivity index (χ2n) is 4.46. The maximum absolute atomic E-state index is 5.60. The van der Waals surface area contributed by atoms with Crippen molar-refractivity contribution in [2.24, 2.45) is 0 Å². The van der Waals surface area contributed by atoms with Gasteiger partial charge in [-0.1, -0.05) is 0 Å². The first-order valence-corrected chi connectivity index (χ1v) is 5.74. The molecule has 0 aromatic carbocycles. The van der Waals surface area contributed by atoms with Crippen molar-refractivity contribution in [1.82, 2.24) is 15.5 Å². The van der Waals surface area contributed by atoms with E-state index in [1.807, 2.05) is 14.0 Å². The summed E-state index contributed by atoms with van der Waals surface area (Å²) in [5.74, 6) is 1.32. The Hall–Kier alpha value is -0.940. The van der Waals surface area contributed by atoms with Crippen molar-refractivity contribution in [3.63, 3.8) is 0 Å². The molecule has 1 aliphatic rings. The number of aromatic nitrogens is 2. The van der Waals surface area contributed by atoms with Crippen LogP contribution < -0.4 is 5.32 Å². The van der Waals surface area contributed by atoms with E-state index in [4.69, 9.17) is 9.15 Å². The van der Waals surface area contributed by atoms with Crippen LogP contribution in [0.2, 0.25) is 0 Å². The van der Waals surface area contributed by atoms with E-state index in [0.29, 0.717) is 11.8 Å². The van der Waals surface area contributed by atoms with E-state index < -0.39 is 0 Å². The molecule has 0 radical (unpaired) electrons. The van der Waals surface area contributed by atoms with Gasteiger partial charge in [-0.3, -0.25) is 0 Å². The maximum Gasteiger partial charge on any atom is 0.233 e. The van der Waals surface area contributed by atoms with Gasteiger partial charge in [0.15, 0.2) is 0 Å². The van der Waals surface area contributed by atoms with E-state index in [9.17, 15) is 0 Å². The second kappa shape index (κ2) is 4.51. The Labute approximate surface area is 95.6 Å². The van der Waals surface area contributed by atoms with Gasteiger partial charge in [-0.2, -0.15) is 0 Å². The number of hydrogen-bond donors (Lipinski definition) is 1. The Balaban J connectivity index is 2.02. The summed E-state index contributed by atoms with van der Waals surface area (Å²) in [6.45, 7) is 1.99. The smallest absolute Gasteiger partial charge is 0.233 e. The Morgan fingerprint density at radius 1 is 1.50 bits per heavy atom. The van der Waals surface area contributed by atoms with Gasteiger partial charge in [-0.25, -0.2) is 0 Å². The highest BCUT2D eigenvalue weighted by molar-refractivity contribution is 4.98. The van der Waals surface area contributed by atoms with Gasteiger partial charge in [0.25, 0.3) is 0 Å². The molecule has 1 aromatic rings. The van der Waals surface area contributed by atoms with Gasteiger partial charge in [0, 0.05) is 7.11 Å². The fourth-order valence-corrected chi connectivity index (χ4v) is 1.94. The molecule has 1 saturated carbocycles. The summed E-state index contributed by atoms with van der Waals surface area (Å²) < 4.78 is 11.1. The third kappa shape index (κ3) is 2.10. The van der Waals surface area contributed by atoms with Crippen LogP contribution in [0.3, 0.4) is 0 Å². The quantitative estimate of drug-likeness (QED) is 0.822. The highest BCUT2D eigenvalue weighted by Crippen LogP contribution is 2.37. The number of methoxy groups -OCH3 is 1. The van der Waals surface area contributed by atoms with E-state index in [2.05, 4.69) is 15.5 Å². The van der Waals surface area contributed by atoms with Gasteiger partial charge in [0.05, 0.1) is 18.1 Å².